The fourth-order valence-electron chi connectivity index (χ4n) is 4.62. The molecule has 9 nitrogen and oxygen atoms in total. The maximum atomic E-state index is 9.77. The van der Waals surface area contributed by atoms with E-state index in [0.717, 1.165) is 68.4 Å². The molecule has 0 unspecified atom stereocenters. The Morgan fingerprint density at radius 3 is 2.45 bits per heavy atom. The van der Waals surface area contributed by atoms with Crippen molar-refractivity contribution >= 4 is 42.5 Å². The highest BCUT2D eigenvalue weighted by Crippen LogP contribution is 2.27. The Labute approximate surface area is 252 Å². The number of aldehydes is 1. The molecule has 0 saturated carbocycles. The smallest absolute Gasteiger partial charge is 0.220 e. The Balaban J connectivity index is 0.000000421. The van der Waals surface area contributed by atoms with Crippen LogP contribution in [0.1, 0.15) is 51.5 Å². The zero-order valence-corrected chi connectivity index (χ0v) is 26.5. The summed E-state index contributed by atoms with van der Waals surface area (Å²) in [6.45, 7) is 7.15. The minimum atomic E-state index is 0.267. The fraction of sp³-hybridized carbons (Fsp3) is 0.406. The largest absolute Gasteiger partial charge is 0.388 e. The van der Waals surface area contributed by atoms with Crippen molar-refractivity contribution in [3.8, 4) is 11.3 Å². The fourth-order valence-corrected chi connectivity index (χ4v) is 5.93. The average molecular weight is 589 g/mol. The van der Waals surface area contributed by atoms with E-state index in [-0.39, 0.29) is 5.95 Å². The number of nitrogens with zero attached hydrogens (tertiary/aromatic N) is 6. The van der Waals surface area contributed by atoms with Crippen LogP contribution in [0.3, 0.4) is 0 Å². The molecule has 1 saturated heterocycles. The second-order valence-corrected chi connectivity index (χ2v) is 11.0. The third-order valence-corrected chi connectivity index (χ3v) is 7.96. The third-order valence-electron chi connectivity index (χ3n) is 6.68. The van der Waals surface area contributed by atoms with Gasteiger partial charge in [-0.25, -0.2) is 14.5 Å². The number of likely N-dealkylation sites (tertiary alicyclic amines) is 1. The maximum absolute atomic E-state index is 9.77. The lowest BCUT2D eigenvalue weighted by atomic mass is 10.1. The van der Waals surface area contributed by atoms with Crippen molar-refractivity contribution < 1.29 is 4.79 Å². The molecular formula is C32H45N8OP. The van der Waals surface area contributed by atoms with Crippen molar-refractivity contribution in [2.45, 2.75) is 46.0 Å². The quantitative estimate of drug-likeness (QED) is 0.156. The van der Waals surface area contributed by atoms with Gasteiger partial charge in [0, 0.05) is 44.6 Å². The number of rotatable bonds is 9. The van der Waals surface area contributed by atoms with Gasteiger partial charge in [-0.15, -0.1) is 0 Å². The number of pyridine rings is 1. The molecule has 1 aliphatic rings. The molecule has 0 amide bonds. The summed E-state index contributed by atoms with van der Waals surface area (Å²) in [6, 6.07) is 16.6. The van der Waals surface area contributed by atoms with E-state index in [1.165, 1.54) is 30.2 Å². The van der Waals surface area contributed by atoms with Crippen LogP contribution in [-0.2, 0) is 4.79 Å². The number of anilines is 2. The van der Waals surface area contributed by atoms with Gasteiger partial charge in [-0.1, -0.05) is 38.5 Å². The van der Waals surface area contributed by atoms with E-state index < -0.39 is 0 Å². The van der Waals surface area contributed by atoms with Crippen molar-refractivity contribution in [2.75, 3.05) is 51.8 Å². The van der Waals surface area contributed by atoms with E-state index in [1.54, 1.807) is 6.20 Å². The molecule has 10 heteroatoms. The molecule has 5 rings (SSSR count). The first kappa shape index (κ1) is 32.9. The summed E-state index contributed by atoms with van der Waals surface area (Å²) in [5, 5.41) is 8.16. The van der Waals surface area contributed by atoms with Crippen molar-refractivity contribution in [3.63, 3.8) is 0 Å². The third kappa shape index (κ3) is 9.18. The highest BCUT2D eigenvalue weighted by molar-refractivity contribution is 7.49. The Bertz CT molecular complexity index is 1410. The normalized spacial score (nSPS) is 13.6. The predicted octanol–water partition coefficient (Wildman–Crippen LogP) is 5.20. The lowest BCUT2D eigenvalue weighted by molar-refractivity contribution is -0.107. The van der Waals surface area contributed by atoms with Gasteiger partial charge in [0.15, 0.2) is 0 Å². The Morgan fingerprint density at radius 2 is 1.81 bits per heavy atom. The minimum absolute atomic E-state index is 0.267. The van der Waals surface area contributed by atoms with Crippen LogP contribution in [0.4, 0.5) is 11.6 Å². The highest BCUT2D eigenvalue weighted by atomic mass is 31.1. The molecule has 4 aromatic rings. The number of carbonyl (C=O) groups is 1. The second kappa shape index (κ2) is 17.3. The molecular weight excluding hydrogens is 543 g/mol. The van der Waals surface area contributed by atoms with Gasteiger partial charge in [-0.2, -0.15) is 5.10 Å². The molecule has 0 atom stereocenters. The van der Waals surface area contributed by atoms with Gasteiger partial charge in [0.05, 0.1) is 22.2 Å². The van der Waals surface area contributed by atoms with Gasteiger partial charge in [0.25, 0.3) is 0 Å². The van der Waals surface area contributed by atoms with Gasteiger partial charge < -0.3 is 20.7 Å². The topological polar surface area (TPSA) is 105 Å². The molecule has 4 heterocycles. The van der Waals surface area contributed by atoms with Crippen LogP contribution in [-0.4, -0.2) is 81.9 Å². The summed E-state index contributed by atoms with van der Waals surface area (Å²) in [4.78, 5) is 23.0. The molecule has 1 fully saturated rings. The maximum Gasteiger partial charge on any atom is 0.220 e. The molecule has 0 radical (unpaired) electrons. The number of nitrogens with one attached hydrogen (secondary N) is 1. The van der Waals surface area contributed by atoms with Crippen LogP contribution in [0.15, 0.2) is 60.9 Å². The predicted molar refractivity (Wildman–Crippen MR) is 178 cm³/mol. The Hall–Kier alpha value is -3.65. The molecule has 1 aliphatic heterocycles. The van der Waals surface area contributed by atoms with E-state index in [2.05, 4.69) is 55.4 Å². The number of hydrogen-bond donors (Lipinski definition) is 2. The molecule has 3 N–H and O–H groups in total. The van der Waals surface area contributed by atoms with E-state index in [4.69, 9.17) is 10.8 Å². The summed E-state index contributed by atoms with van der Waals surface area (Å²) in [5.74, 6) is 0.267. The molecule has 0 aliphatic carbocycles. The number of fused-ring (bicyclic) bond motifs is 1. The van der Waals surface area contributed by atoms with Crippen LogP contribution < -0.4 is 16.5 Å². The lowest BCUT2D eigenvalue weighted by Gasteiger charge is -2.28. The molecule has 42 heavy (non-hydrogen) atoms. The molecule has 0 bridgehead atoms. The highest BCUT2D eigenvalue weighted by Gasteiger charge is 2.21. The van der Waals surface area contributed by atoms with Crippen molar-refractivity contribution in [2.24, 2.45) is 0 Å². The molecule has 3 aromatic heterocycles. The van der Waals surface area contributed by atoms with Gasteiger partial charge in [-0.3, -0.25) is 4.90 Å². The molecule has 224 valence electrons. The van der Waals surface area contributed by atoms with Crippen LogP contribution in [0, 0.1) is 0 Å². The summed E-state index contributed by atoms with van der Waals surface area (Å²) >= 11 is 0. The molecule has 0 spiro atoms. The first-order chi connectivity index (χ1) is 20.5. The number of aromatic nitrogens is 4. The zero-order valence-electron chi connectivity index (χ0n) is 25.6. The van der Waals surface area contributed by atoms with Gasteiger partial charge >= 0.3 is 0 Å². The minimum Gasteiger partial charge on any atom is -0.388 e. The summed E-state index contributed by atoms with van der Waals surface area (Å²) in [6.07, 6.45) is 10.0. The number of benzene rings is 1. The lowest BCUT2D eigenvalue weighted by Crippen LogP contribution is -2.35. The number of hydrogen-bond acceptors (Lipinski definition) is 7. The van der Waals surface area contributed by atoms with E-state index in [9.17, 15) is 4.79 Å². The zero-order chi connectivity index (χ0) is 30.3. The van der Waals surface area contributed by atoms with E-state index >= 15 is 0 Å². The Morgan fingerprint density at radius 1 is 1.07 bits per heavy atom. The standard InChI is InChI=1S/C24H26N7P.C6H13NO.C2H6/c1-26-18-10-8-17(9-11-18)23(30-14-4-2-5-15-30)32-22-21(19-12-13-27-24(25)28-19)20-7-3-6-16-31(20)29-22;1-7(2)5-3-4-6-8;1-2/h3,6-13,16,26H,2,4-5,14-15H2,1H3,(H2,25,27,28);6H,3-5H2,1-2H3;1-2H3. The van der Waals surface area contributed by atoms with Gasteiger partial charge in [-0.05, 0) is 84.0 Å². The van der Waals surface area contributed by atoms with Crippen LogP contribution in [0.5, 0.6) is 0 Å². The first-order valence-corrected chi connectivity index (χ1v) is 15.7. The molecule has 1 aromatic carbocycles. The van der Waals surface area contributed by atoms with Crippen LogP contribution in [0.2, 0.25) is 0 Å². The van der Waals surface area contributed by atoms with Crippen molar-refractivity contribution in [1.29, 1.82) is 0 Å². The summed E-state index contributed by atoms with van der Waals surface area (Å²) in [5.41, 5.74) is 13.3. The van der Waals surface area contributed by atoms with Crippen LogP contribution in [0.25, 0.3) is 16.8 Å². The van der Waals surface area contributed by atoms with Gasteiger partial charge in [0.1, 0.15) is 11.7 Å². The number of nitrogen functional groups attached to an aromatic ring is 1. The summed E-state index contributed by atoms with van der Waals surface area (Å²) < 4.78 is 1.92. The van der Waals surface area contributed by atoms with Crippen molar-refractivity contribution in [1.82, 2.24) is 29.4 Å². The Kier molecular flexibility index (Phi) is 13.6. The number of carbonyl (C=O) groups excluding carboxylic acids is 1. The number of unbranched alkanes of at least 4 members (excludes halogenated alkanes) is 1. The SMILES string of the molecule is CC.CN(C)CCCC=O.CNc1ccc(C(=Pc2nn3ccccc3c2-c2ccnc(N)n2)N2CCCCC2)cc1. The van der Waals surface area contributed by atoms with Gasteiger partial charge in [0.2, 0.25) is 5.95 Å². The summed E-state index contributed by atoms with van der Waals surface area (Å²) in [7, 11) is 7.00. The average Bonchev–Trinajstić information content (AvgIpc) is 3.40. The monoisotopic (exact) mass is 588 g/mol. The number of nitrogens with two attached hydrogens (primary N) is 1. The van der Waals surface area contributed by atoms with Crippen molar-refractivity contribution in [3.05, 3.63) is 66.5 Å². The van der Waals surface area contributed by atoms with E-state index in [0.29, 0.717) is 6.42 Å². The number of piperidine rings is 1. The van der Waals surface area contributed by atoms with E-state index in [1.807, 2.05) is 63.9 Å². The first-order valence-electron chi connectivity index (χ1n) is 14.8. The second-order valence-electron chi connectivity index (χ2n) is 9.95. The van der Waals surface area contributed by atoms with Crippen LogP contribution >= 0.6 is 8.20 Å².